The number of rotatable bonds is 3. The van der Waals surface area contributed by atoms with E-state index in [0.29, 0.717) is 0 Å². The third-order valence-corrected chi connectivity index (χ3v) is 2.52. The minimum atomic E-state index is 0.955. The molecule has 2 aromatic rings. The van der Waals surface area contributed by atoms with Crippen LogP contribution in [0.1, 0.15) is 12.5 Å². The molecular formula is C14H14N2. The Labute approximate surface area is 95.4 Å². The summed E-state index contributed by atoms with van der Waals surface area (Å²) in [5.41, 5.74) is 3.13. The second-order valence-electron chi connectivity index (χ2n) is 3.52. The van der Waals surface area contributed by atoms with Crippen molar-refractivity contribution < 1.29 is 0 Å². The van der Waals surface area contributed by atoms with Crippen LogP contribution in [0.2, 0.25) is 0 Å². The molecule has 0 aliphatic carbocycles. The topological polar surface area (TPSA) is 25.2 Å². The normalized spacial score (nSPS) is 11.1. The van der Waals surface area contributed by atoms with E-state index in [1.807, 2.05) is 6.07 Å². The van der Waals surface area contributed by atoms with Crippen LogP contribution in [0.4, 0.5) is 5.69 Å². The molecule has 0 saturated heterocycles. The van der Waals surface area contributed by atoms with Crippen LogP contribution < -0.4 is 0 Å². The number of pyridine rings is 1. The molecule has 0 aliphatic heterocycles. The van der Waals surface area contributed by atoms with Crippen molar-refractivity contribution in [2.75, 3.05) is 0 Å². The smallest absolute Gasteiger partial charge is 0.0961 e. The number of aryl methyl sites for hydroxylation is 1. The lowest BCUT2D eigenvalue weighted by molar-refractivity contribution is 1.14. The van der Waals surface area contributed by atoms with Gasteiger partial charge in [0.2, 0.25) is 0 Å². The summed E-state index contributed by atoms with van der Waals surface area (Å²) in [6.45, 7) is 5.76. The van der Waals surface area contributed by atoms with E-state index in [2.05, 4.69) is 41.7 Å². The van der Waals surface area contributed by atoms with Crippen LogP contribution in [0.25, 0.3) is 10.9 Å². The highest BCUT2D eigenvalue weighted by Crippen LogP contribution is 2.28. The number of hydrogen-bond donors (Lipinski definition) is 0. The summed E-state index contributed by atoms with van der Waals surface area (Å²) in [4.78, 5) is 8.81. The molecule has 0 amide bonds. The van der Waals surface area contributed by atoms with Gasteiger partial charge in [0, 0.05) is 17.8 Å². The Morgan fingerprint density at radius 3 is 3.00 bits per heavy atom. The maximum atomic E-state index is 4.42. The number of nitrogens with zero attached hydrogens (tertiary/aromatic N) is 2. The van der Waals surface area contributed by atoms with Crippen molar-refractivity contribution in [1.82, 2.24) is 4.98 Å². The van der Waals surface area contributed by atoms with Crippen LogP contribution in [0.5, 0.6) is 0 Å². The van der Waals surface area contributed by atoms with Crippen LogP contribution in [-0.4, -0.2) is 11.2 Å². The van der Waals surface area contributed by atoms with E-state index in [-0.39, 0.29) is 0 Å². The highest BCUT2D eigenvalue weighted by atomic mass is 14.8. The van der Waals surface area contributed by atoms with E-state index < -0.39 is 0 Å². The van der Waals surface area contributed by atoms with E-state index in [4.69, 9.17) is 0 Å². The van der Waals surface area contributed by atoms with Crippen molar-refractivity contribution in [3.63, 3.8) is 0 Å². The molecule has 2 heteroatoms. The van der Waals surface area contributed by atoms with E-state index in [0.717, 1.165) is 23.0 Å². The summed E-state index contributed by atoms with van der Waals surface area (Å²) in [6, 6.07) is 8.19. The summed E-state index contributed by atoms with van der Waals surface area (Å²) >= 11 is 0. The average molecular weight is 210 g/mol. The molecule has 1 aromatic carbocycles. The van der Waals surface area contributed by atoms with Crippen molar-refractivity contribution in [2.45, 2.75) is 13.3 Å². The van der Waals surface area contributed by atoms with Gasteiger partial charge in [-0.15, -0.1) is 0 Å². The van der Waals surface area contributed by atoms with Crippen LogP contribution in [0.15, 0.2) is 48.1 Å². The van der Waals surface area contributed by atoms with E-state index in [9.17, 15) is 0 Å². The molecule has 0 spiro atoms. The number of fused-ring (bicyclic) bond motifs is 1. The second kappa shape index (κ2) is 4.71. The Kier molecular flexibility index (Phi) is 3.10. The Morgan fingerprint density at radius 1 is 1.38 bits per heavy atom. The first kappa shape index (κ1) is 10.6. The quantitative estimate of drug-likeness (QED) is 0.709. The Balaban J connectivity index is 2.72. The summed E-state index contributed by atoms with van der Waals surface area (Å²) < 4.78 is 0. The molecule has 80 valence electrons. The van der Waals surface area contributed by atoms with Gasteiger partial charge in [-0.2, -0.15) is 0 Å². The summed E-state index contributed by atoms with van der Waals surface area (Å²) in [5.74, 6) is 0. The molecule has 2 nitrogen and oxygen atoms in total. The number of benzene rings is 1. The Hall–Kier alpha value is -1.96. The zero-order valence-electron chi connectivity index (χ0n) is 9.35. The molecule has 2 rings (SSSR count). The summed E-state index contributed by atoms with van der Waals surface area (Å²) in [7, 11) is 0. The zero-order chi connectivity index (χ0) is 11.4. The van der Waals surface area contributed by atoms with E-state index in [1.54, 1.807) is 18.5 Å². The molecule has 0 unspecified atom stereocenters. The SMILES string of the molecule is C=CC=Nc1c(CC)ccc2cccnc12. The van der Waals surface area contributed by atoms with Gasteiger partial charge in [0.25, 0.3) is 0 Å². The van der Waals surface area contributed by atoms with Crippen LogP contribution in [0.3, 0.4) is 0 Å². The fourth-order valence-corrected chi connectivity index (χ4v) is 1.73. The minimum Gasteiger partial charge on any atom is -0.254 e. The largest absolute Gasteiger partial charge is 0.254 e. The zero-order valence-corrected chi connectivity index (χ0v) is 9.35. The standard InChI is InChI=1S/C14H14N2/c1-3-9-15-13-11(4-2)7-8-12-6-5-10-16-14(12)13/h3,5-10H,1,4H2,2H3. The van der Waals surface area contributed by atoms with E-state index in [1.165, 1.54) is 5.56 Å². The van der Waals surface area contributed by atoms with Gasteiger partial charge >= 0.3 is 0 Å². The lowest BCUT2D eigenvalue weighted by Crippen LogP contribution is -1.86. The molecule has 0 aliphatic rings. The first-order chi connectivity index (χ1) is 7.86. The van der Waals surface area contributed by atoms with Gasteiger partial charge in [-0.3, -0.25) is 9.98 Å². The summed E-state index contributed by atoms with van der Waals surface area (Å²) in [6.07, 6.45) is 6.15. The predicted octanol–water partition coefficient (Wildman–Crippen LogP) is 3.69. The van der Waals surface area contributed by atoms with E-state index >= 15 is 0 Å². The van der Waals surface area contributed by atoms with Gasteiger partial charge in [-0.25, -0.2) is 0 Å². The van der Waals surface area contributed by atoms with Crippen LogP contribution >= 0.6 is 0 Å². The van der Waals surface area contributed by atoms with Crippen LogP contribution in [0, 0.1) is 0 Å². The third-order valence-electron chi connectivity index (χ3n) is 2.52. The number of hydrogen-bond acceptors (Lipinski definition) is 2. The fraction of sp³-hybridized carbons (Fsp3) is 0.143. The third kappa shape index (κ3) is 1.87. The Morgan fingerprint density at radius 2 is 2.25 bits per heavy atom. The number of aromatic nitrogens is 1. The van der Waals surface area contributed by atoms with Gasteiger partial charge in [-0.1, -0.05) is 37.8 Å². The molecule has 0 fully saturated rings. The maximum absolute atomic E-state index is 4.42. The molecular weight excluding hydrogens is 196 g/mol. The van der Waals surface area contributed by atoms with Crippen molar-refractivity contribution in [3.05, 3.63) is 48.7 Å². The second-order valence-corrected chi connectivity index (χ2v) is 3.52. The predicted molar refractivity (Wildman–Crippen MR) is 69.5 cm³/mol. The minimum absolute atomic E-state index is 0.955. The maximum Gasteiger partial charge on any atom is 0.0961 e. The molecule has 1 heterocycles. The lowest BCUT2D eigenvalue weighted by atomic mass is 10.1. The molecule has 0 saturated carbocycles. The first-order valence-electron chi connectivity index (χ1n) is 5.38. The highest BCUT2D eigenvalue weighted by molar-refractivity contribution is 5.92. The molecule has 16 heavy (non-hydrogen) atoms. The monoisotopic (exact) mass is 210 g/mol. The van der Waals surface area contributed by atoms with Crippen molar-refractivity contribution in [1.29, 1.82) is 0 Å². The van der Waals surface area contributed by atoms with Crippen LogP contribution in [-0.2, 0) is 6.42 Å². The van der Waals surface area contributed by atoms with Gasteiger partial charge in [0.05, 0.1) is 11.2 Å². The van der Waals surface area contributed by atoms with Gasteiger partial charge < -0.3 is 0 Å². The number of allylic oxidation sites excluding steroid dienone is 1. The van der Waals surface area contributed by atoms with Crippen molar-refractivity contribution >= 4 is 22.8 Å². The highest BCUT2D eigenvalue weighted by Gasteiger charge is 2.05. The molecule has 0 bridgehead atoms. The Bertz CT molecular complexity index is 541. The van der Waals surface area contributed by atoms with Gasteiger partial charge in [-0.05, 0) is 18.1 Å². The number of aliphatic imine (C=N–C) groups is 1. The molecule has 0 atom stereocenters. The van der Waals surface area contributed by atoms with Crippen molar-refractivity contribution in [3.8, 4) is 0 Å². The lowest BCUT2D eigenvalue weighted by Gasteiger charge is -2.06. The summed E-state index contributed by atoms with van der Waals surface area (Å²) in [5, 5.41) is 1.12. The van der Waals surface area contributed by atoms with Gasteiger partial charge in [0.15, 0.2) is 0 Å². The fourth-order valence-electron chi connectivity index (χ4n) is 1.73. The molecule has 1 aromatic heterocycles. The molecule has 0 radical (unpaired) electrons. The van der Waals surface area contributed by atoms with Gasteiger partial charge in [0.1, 0.15) is 0 Å². The molecule has 0 N–H and O–H groups in total. The van der Waals surface area contributed by atoms with Crippen molar-refractivity contribution in [2.24, 2.45) is 4.99 Å². The first-order valence-corrected chi connectivity index (χ1v) is 5.38. The average Bonchev–Trinajstić information content (AvgIpc) is 2.35.